The van der Waals surface area contributed by atoms with E-state index in [1.807, 2.05) is 0 Å². The molecule has 1 heterocycles. The number of carbonyl (C=O) groups is 2. The van der Waals surface area contributed by atoms with Crippen molar-refractivity contribution in [1.82, 2.24) is 4.90 Å². The molecule has 0 amide bonds. The first-order valence-corrected chi connectivity index (χ1v) is 26.5. The summed E-state index contributed by atoms with van der Waals surface area (Å²) in [5, 5.41) is 0. The van der Waals surface area contributed by atoms with Crippen LogP contribution in [0.5, 0.6) is 0 Å². The normalized spacial score (nSPS) is 20.2. The number of hydrogen-bond acceptors (Lipinski definition) is 7. The smallest absolute Gasteiger partial charge is 0.310 e. The summed E-state index contributed by atoms with van der Waals surface area (Å²) in [7, 11) is 2.06. The molecule has 0 aromatic heterocycles. The summed E-state index contributed by atoms with van der Waals surface area (Å²) in [6, 6.07) is 0. The second-order valence-electron chi connectivity index (χ2n) is 18.6. The highest BCUT2D eigenvalue weighted by atomic mass is 16.6. The van der Waals surface area contributed by atoms with E-state index >= 15 is 0 Å². The number of unbranched alkanes of at least 4 members (excludes halogenated alkanes) is 16. The Morgan fingerprint density at radius 2 is 1.21 bits per heavy atom. The van der Waals surface area contributed by atoms with E-state index in [-0.39, 0.29) is 48.5 Å². The molecule has 63 heavy (non-hydrogen) atoms. The van der Waals surface area contributed by atoms with Gasteiger partial charge in [-0.15, -0.1) is 0 Å². The summed E-state index contributed by atoms with van der Waals surface area (Å²) in [5.74, 6) is -0.0116. The van der Waals surface area contributed by atoms with E-state index in [4.69, 9.17) is 18.9 Å². The van der Waals surface area contributed by atoms with Crippen LogP contribution < -0.4 is 0 Å². The van der Waals surface area contributed by atoms with E-state index in [0.717, 1.165) is 96.7 Å². The molecule has 7 heteroatoms. The molecule has 2 rings (SSSR count). The summed E-state index contributed by atoms with van der Waals surface area (Å²) >= 11 is 0. The zero-order chi connectivity index (χ0) is 45.3. The fourth-order valence-corrected chi connectivity index (χ4v) is 8.80. The second-order valence-corrected chi connectivity index (χ2v) is 18.6. The number of hydrogen-bond donors (Lipinski definition) is 0. The fourth-order valence-electron chi connectivity index (χ4n) is 8.80. The van der Waals surface area contributed by atoms with Gasteiger partial charge < -0.3 is 23.8 Å². The maximum absolute atomic E-state index is 13.4. The Labute approximate surface area is 388 Å². The Morgan fingerprint density at radius 1 is 0.619 bits per heavy atom. The molecule has 1 aliphatic heterocycles. The molecule has 0 aromatic rings. The van der Waals surface area contributed by atoms with Crippen molar-refractivity contribution in [2.24, 2.45) is 17.8 Å². The molecule has 5 atom stereocenters. The van der Waals surface area contributed by atoms with Crippen molar-refractivity contribution < 1.29 is 28.5 Å². The number of ether oxygens (including phenoxy) is 4. The SMILES string of the molecule is CC/C=C\CC1C(CC(=O)OCC(CCOCCCCCCCC/C=C\C/C=C\CCCC)OCCCCCCC/C=C\C/C=C\CCCCC)CCC1OC(=O)C1CCN(C)C1. The summed E-state index contributed by atoms with van der Waals surface area (Å²) in [6.45, 7) is 10.6. The molecular formula is C56H97NO6. The van der Waals surface area contributed by atoms with Gasteiger partial charge in [-0.05, 0) is 122 Å². The number of nitrogens with zero attached hydrogens (tertiary/aromatic N) is 1. The highest BCUT2D eigenvalue weighted by Crippen LogP contribution is 2.40. The minimum atomic E-state index is -0.175. The third-order valence-electron chi connectivity index (χ3n) is 12.8. The van der Waals surface area contributed by atoms with Gasteiger partial charge in [-0.25, -0.2) is 0 Å². The highest BCUT2D eigenvalue weighted by Gasteiger charge is 2.40. The quantitative estimate of drug-likeness (QED) is 0.0344. The third kappa shape index (κ3) is 31.1. The van der Waals surface area contributed by atoms with Crippen LogP contribution in [0.4, 0.5) is 0 Å². The van der Waals surface area contributed by atoms with Crippen molar-refractivity contribution in [2.45, 2.75) is 219 Å². The Kier molecular flexibility index (Phi) is 36.9. The zero-order valence-electron chi connectivity index (χ0n) is 41.3. The van der Waals surface area contributed by atoms with Crippen LogP contribution in [0.15, 0.2) is 60.8 Å². The van der Waals surface area contributed by atoms with Gasteiger partial charge in [-0.3, -0.25) is 9.59 Å². The first-order valence-electron chi connectivity index (χ1n) is 26.5. The highest BCUT2D eigenvalue weighted by molar-refractivity contribution is 5.73. The lowest BCUT2D eigenvalue weighted by Crippen LogP contribution is -2.30. The lowest BCUT2D eigenvalue weighted by molar-refractivity contribution is -0.156. The van der Waals surface area contributed by atoms with Gasteiger partial charge in [0.1, 0.15) is 12.7 Å². The minimum absolute atomic E-state index is 0.0443. The van der Waals surface area contributed by atoms with Crippen molar-refractivity contribution in [1.29, 1.82) is 0 Å². The van der Waals surface area contributed by atoms with Crippen LogP contribution in [0.25, 0.3) is 0 Å². The van der Waals surface area contributed by atoms with E-state index in [9.17, 15) is 9.59 Å². The number of rotatable bonds is 41. The van der Waals surface area contributed by atoms with Crippen molar-refractivity contribution in [2.75, 3.05) is 46.6 Å². The zero-order valence-corrected chi connectivity index (χ0v) is 41.3. The third-order valence-corrected chi connectivity index (χ3v) is 12.8. The Balaban J connectivity index is 1.72. The monoisotopic (exact) mass is 880 g/mol. The number of carbonyl (C=O) groups excluding carboxylic acids is 2. The first-order chi connectivity index (χ1) is 31.0. The largest absolute Gasteiger partial charge is 0.463 e. The van der Waals surface area contributed by atoms with Crippen molar-refractivity contribution in [3.63, 3.8) is 0 Å². The molecular weight excluding hydrogens is 783 g/mol. The van der Waals surface area contributed by atoms with Gasteiger partial charge in [-0.2, -0.15) is 0 Å². The van der Waals surface area contributed by atoms with E-state index in [2.05, 4.69) is 93.5 Å². The predicted octanol–water partition coefficient (Wildman–Crippen LogP) is 14.8. The van der Waals surface area contributed by atoms with Gasteiger partial charge in [0.25, 0.3) is 0 Å². The summed E-state index contributed by atoms with van der Waals surface area (Å²) in [4.78, 5) is 28.6. The minimum Gasteiger partial charge on any atom is -0.463 e. The van der Waals surface area contributed by atoms with Crippen LogP contribution in [-0.4, -0.2) is 75.6 Å². The average Bonchev–Trinajstić information content (AvgIpc) is 3.89. The van der Waals surface area contributed by atoms with Gasteiger partial charge in [-0.1, -0.05) is 152 Å². The van der Waals surface area contributed by atoms with E-state index in [1.54, 1.807) is 0 Å². The van der Waals surface area contributed by atoms with Crippen LogP contribution in [0.3, 0.4) is 0 Å². The van der Waals surface area contributed by atoms with E-state index in [1.165, 1.54) is 103 Å². The molecule has 362 valence electrons. The molecule has 7 nitrogen and oxygen atoms in total. The van der Waals surface area contributed by atoms with Gasteiger partial charge in [0.2, 0.25) is 0 Å². The summed E-state index contributed by atoms with van der Waals surface area (Å²) < 4.78 is 24.5. The predicted molar refractivity (Wildman–Crippen MR) is 266 cm³/mol. The molecule has 1 saturated heterocycles. The number of likely N-dealkylation sites (tertiary alicyclic amines) is 1. The lowest BCUT2D eigenvalue weighted by atomic mass is 9.88. The number of allylic oxidation sites excluding steroid dienone is 10. The molecule has 0 aromatic carbocycles. The maximum Gasteiger partial charge on any atom is 0.310 e. The van der Waals surface area contributed by atoms with Crippen LogP contribution in [0.2, 0.25) is 0 Å². The average molecular weight is 880 g/mol. The van der Waals surface area contributed by atoms with Gasteiger partial charge >= 0.3 is 11.9 Å². The maximum atomic E-state index is 13.4. The van der Waals surface area contributed by atoms with Crippen molar-refractivity contribution >= 4 is 11.9 Å². The standard InChI is InChI=1S/C56H97NO6/c1-5-8-11-13-15-17-19-21-23-25-27-29-31-33-36-44-60-46-42-52(61-45-37-34-32-30-28-26-24-22-20-18-16-14-12-9-6-2)49-62-55(58)47-50-39-40-54(53(50)38-35-10-7-3)63-56(59)51-41-43-57(4)48-51/h10,13,15-16,18-19,21-22,24,35,50-54H,5-9,11-12,14,17,20,23,25-34,36-49H2,1-4H3/b15-13-,18-16-,21-19-,24-22-,35-10-. The molecule has 0 N–H and O–H groups in total. The van der Waals surface area contributed by atoms with Crippen molar-refractivity contribution in [3.05, 3.63) is 60.8 Å². The Bertz CT molecular complexity index is 1240. The Hall–Kier alpha value is -2.48. The topological polar surface area (TPSA) is 74.3 Å². The fraction of sp³-hybridized carbons (Fsp3) is 0.786. The van der Waals surface area contributed by atoms with Crippen LogP contribution >= 0.6 is 0 Å². The molecule has 2 fully saturated rings. The van der Waals surface area contributed by atoms with Crippen molar-refractivity contribution in [3.8, 4) is 0 Å². The lowest BCUT2D eigenvalue weighted by Gasteiger charge is -2.25. The number of esters is 2. The molecule has 0 spiro atoms. The van der Waals surface area contributed by atoms with Crippen LogP contribution in [-0.2, 0) is 28.5 Å². The molecule has 0 bridgehead atoms. The molecule has 5 unspecified atom stereocenters. The van der Waals surface area contributed by atoms with E-state index in [0.29, 0.717) is 19.6 Å². The summed E-state index contributed by atoms with van der Waals surface area (Å²) in [6.07, 6.45) is 54.7. The molecule has 2 aliphatic rings. The molecule has 0 radical (unpaired) electrons. The molecule has 1 aliphatic carbocycles. The summed E-state index contributed by atoms with van der Waals surface area (Å²) in [5.41, 5.74) is 0. The van der Waals surface area contributed by atoms with Crippen LogP contribution in [0.1, 0.15) is 207 Å². The van der Waals surface area contributed by atoms with Gasteiger partial charge in [0.05, 0.1) is 12.0 Å². The van der Waals surface area contributed by atoms with Gasteiger partial charge in [0.15, 0.2) is 0 Å². The Morgan fingerprint density at radius 3 is 1.81 bits per heavy atom. The van der Waals surface area contributed by atoms with Crippen LogP contribution in [0, 0.1) is 17.8 Å². The van der Waals surface area contributed by atoms with Gasteiger partial charge in [0, 0.05) is 45.1 Å². The first kappa shape index (κ1) is 56.6. The van der Waals surface area contributed by atoms with E-state index < -0.39 is 0 Å². The second kappa shape index (κ2) is 41.0. The molecule has 1 saturated carbocycles.